The van der Waals surface area contributed by atoms with Crippen LogP contribution in [0.25, 0.3) is 0 Å². The summed E-state index contributed by atoms with van der Waals surface area (Å²) in [6, 6.07) is 8.55. The van der Waals surface area contributed by atoms with Crippen LogP contribution in [0.5, 0.6) is 11.6 Å². The minimum atomic E-state index is -0.459. The molecular weight excluding hydrogens is 216 g/mol. The number of benzene rings is 1. The molecule has 0 unspecified atom stereocenters. The highest BCUT2D eigenvalue weighted by Gasteiger charge is 2.01. The number of hydrogen-bond donors (Lipinski definition) is 1. The van der Waals surface area contributed by atoms with Gasteiger partial charge in [-0.2, -0.15) is 0 Å². The second-order valence-electron chi connectivity index (χ2n) is 2.77. The number of aromatic nitrogens is 2. The largest absolute Gasteiger partial charge is 0.439 e. The van der Waals surface area contributed by atoms with Crippen LogP contribution < -0.4 is 10.4 Å². The molecule has 2 aromatic rings. The molecule has 1 aromatic heterocycles. The third-order valence-electron chi connectivity index (χ3n) is 1.70. The first kappa shape index (κ1) is 9.73. The molecule has 0 fully saturated rings. The van der Waals surface area contributed by atoms with E-state index in [0.717, 1.165) is 0 Å². The Morgan fingerprint density at radius 2 is 2.07 bits per heavy atom. The fourth-order valence-electron chi connectivity index (χ4n) is 1.06. The van der Waals surface area contributed by atoms with Gasteiger partial charge in [-0.15, -0.1) is 0 Å². The SMILES string of the molecule is O=c1nccc(Oc2ccccc2Cl)[nH]1. The number of ether oxygens (including phenoxy) is 1. The molecule has 1 heterocycles. The van der Waals surface area contributed by atoms with E-state index in [4.69, 9.17) is 16.3 Å². The van der Waals surface area contributed by atoms with Gasteiger partial charge in [-0.05, 0) is 12.1 Å². The van der Waals surface area contributed by atoms with Gasteiger partial charge in [-0.25, -0.2) is 9.78 Å². The van der Waals surface area contributed by atoms with Crippen LogP contribution in [0.2, 0.25) is 5.02 Å². The predicted molar refractivity (Wildman–Crippen MR) is 56.4 cm³/mol. The normalized spacial score (nSPS) is 9.93. The van der Waals surface area contributed by atoms with E-state index in [9.17, 15) is 4.79 Å². The summed E-state index contributed by atoms with van der Waals surface area (Å²) in [5, 5.41) is 0.482. The van der Waals surface area contributed by atoms with Crippen LogP contribution in [-0.4, -0.2) is 9.97 Å². The third kappa shape index (κ3) is 2.35. The zero-order chi connectivity index (χ0) is 10.7. The summed E-state index contributed by atoms with van der Waals surface area (Å²) in [7, 11) is 0. The van der Waals surface area contributed by atoms with Crippen molar-refractivity contribution in [1.29, 1.82) is 0 Å². The maximum Gasteiger partial charge on any atom is 0.347 e. The van der Waals surface area contributed by atoms with Gasteiger partial charge < -0.3 is 4.74 Å². The van der Waals surface area contributed by atoms with Gasteiger partial charge in [0.2, 0.25) is 5.88 Å². The van der Waals surface area contributed by atoms with Gasteiger partial charge in [0, 0.05) is 12.3 Å². The molecule has 2 rings (SSSR count). The lowest BCUT2D eigenvalue weighted by Crippen LogP contribution is -2.09. The average Bonchev–Trinajstić information content (AvgIpc) is 2.22. The molecule has 5 heteroatoms. The van der Waals surface area contributed by atoms with Gasteiger partial charge >= 0.3 is 5.69 Å². The molecule has 0 amide bonds. The van der Waals surface area contributed by atoms with Crippen LogP contribution in [0.15, 0.2) is 41.3 Å². The molecule has 0 radical (unpaired) electrons. The highest BCUT2D eigenvalue weighted by Crippen LogP contribution is 2.26. The first-order chi connectivity index (χ1) is 7.25. The highest BCUT2D eigenvalue weighted by atomic mass is 35.5. The topological polar surface area (TPSA) is 55.0 Å². The standard InChI is InChI=1S/C10H7ClN2O2/c11-7-3-1-2-4-8(7)15-9-5-6-12-10(14)13-9/h1-6H,(H,12,13,14). The molecule has 1 N–H and O–H groups in total. The molecule has 0 saturated carbocycles. The summed E-state index contributed by atoms with van der Waals surface area (Å²) in [4.78, 5) is 16.8. The maximum atomic E-state index is 10.9. The number of halogens is 1. The Kier molecular flexibility index (Phi) is 2.69. The number of rotatable bonds is 2. The lowest BCUT2D eigenvalue weighted by atomic mass is 10.3. The van der Waals surface area contributed by atoms with E-state index >= 15 is 0 Å². The number of para-hydroxylation sites is 1. The first-order valence-corrected chi connectivity index (χ1v) is 4.61. The van der Waals surface area contributed by atoms with Crippen molar-refractivity contribution in [2.24, 2.45) is 0 Å². The Morgan fingerprint density at radius 3 is 2.80 bits per heavy atom. The molecule has 0 spiro atoms. The van der Waals surface area contributed by atoms with E-state index < -0.39 is 5.69 Å². The number of aromatic amines is 1. The second kappa shape index (κ2) is 4.14. The Balaban J connectivity index is 2.30. The summed E-state index contributed by atoms with van der Waals surface area (Å²) >= 11 is 5.88. The first-order valence-electron chi connectivity index (χ1n) is 4.23. The Bertz CT molecular complexity index is 525. The molecule has 0 aliphatic carbocycles. The second-order valence-corrected chi connectivity index (χ2v) is 3.18. The van der Waals surface area contributed by atoms with Gasteiger partial charge in [0.15, 0.2) is 0 Å². The molecule has 0 saturated heterocycles. The fourth-order valence-corrected chi connectivity index (χ4v) is 1.23. The summed E-state index contributed by atoms with van der Waals surface area (Å²) < 4.78 is 5.36. The summed E-state index contributed by atoms with van der Waals surface area (Å²) in [5.41, 5.74) is -0.459. The number of nitrogens with one attached hydrogen (secondary N) is 1. The number of H-pyrrole nitrogens is 1. The summed E-state index contributed by atoms with van der Waals surface area (Å²) in [5.74, 6) is 0.795. The number of nitrogens with zero attached hydrogens (tertiary/aromatic N) is 1. The minimum Gasteiger partial charge on any atom is -0.439 e. The maximum absolute atomic E-state index is 10.9. The van der Waals surface area contributed by atoms with Crippen LogP contribution in [0, 0.1) is 0 Å². The number of hydrogen-bond acceptors (Lipinski definition) is 3. The van der Waals surface area contributed by atoms with E-state index in [1.165, 1.54) is 6.20 Å². The van der Waals surface area contributed by atoms with Crippen LogP contribution in [0.4, 0.5) is 0 Å². The fraction of sp³-hybridized carbons (Fsp3) is 0. The summed E-state index contributed by atoms with van der Waals surface area (Å²) in [6.45, 7) is 0. The third-order valence-corrected chi connectivity index (χ3v) is 2.02. The van der Waals surface area contributed by atoms with Crippen LogP contribution in [0.3, 0.4) is 0 Å². The van der Waals surface area contributed by atoms with Crippen LogP contribution in [0.1, 0.15) is 0 Å². The van der Waals surface area contributed by atoms with Crippen molar-refractivity contribution in [3.8, 4) is 11.6 Å². The van der Waals surface area contributed by atoms with Gasteiger partial charge in [0.25, 0.3) is 0 Å². The monoisotopic (exact) mass is 222 g/mol. The molecule has 0 bridgehead atoms. The van der Waals surface area contributed by atoms with Crippen molar-refractivity contribution in [2.45, 2.75) is 0 Å². The Hall–Kier alpha value is -1.81. The van der Waals surface area contributed by atoms with Crippen molar-refractivity contribution in [3.63, 3.8) is 0 Å². The van der Waals surface area contributed by atoms with E-state index in [1.54, 1.807) is 30.3 Å². The lowest BCUT2D eigenvalue weighted by Gasteiger charge is -2.05. The zero-order valence-electron chi connectivity index (χ0n) is 7.61. The van der Waals surface area contributed by atoms with E-state index in [2.05, 4.69) is 9.97 Å². The molecule has 0 aliphatic heterocycles. The van der Waals surface area contributed by atoms with Gasteiger partial charge in [-0.3, -0.25) is 4.98 Å². The van der Waals surface area contributed by atoms with Crippen LogP contribution >= 0.6 is 11.6 Å². The molecule has 4 nitrogen and oxygen atoms in total. The average molecular weight is 223 g/mol. The van der Waals surface area contributed by atoms with Crippen molar-refractivity contribution < 1.29 is 4.74 Å². The van der Waals surface area contributed by atoms with E-state index in [-0.39, 0.29) is 0 Å². The molecular formula is C10H7ClN2O2. The van der Waals surface area contributed by atoms with Crippen LogP contribution in [-0.2, 0) is 0 Å². The predicted octanol–water partition coefficient (Wildman–Crippen LogP) is 2.22. The highest BCUT2D eigenvalue weighted by molar-refractivity contribution is 6.32. The molecule has 1 aromatic carbocycles. The Labute approximate surface area is 90.5 Å². The molecule has 15 heavy (non-hydrogen) atoms. The lowest BCUT2D eigenvalue weighted by molar-refractivity contribution is 0.459. The molecule has 0 aliphatic rings. The van der Waals surface area contributed by atoms with Gasteiger partial charge in [0.05, 0.1) is 5.02 Å². The van der Waals surface area contributed by atoms with E-state index in [1.807, 2.05) is 0 Å². The zero-order valence-corrected chi connectivity index (χ0v) is 8.36. The van der Waals surface area contributed by atoms with E-state index in [0.29, 0.717) is 16.7 Å². The van der Waals surface area contributed by atoms with Gasteiger partial charge in [0.1, 0.15) is 5.75 Å². The molecule has 0 atom stereocenters. The van der Waals surface area contributed by atoms with Crippen molar-refractivity contribution in [2.75, 3.05) is 0 Å². The minimum absolute atomic E-state index is 0.308. The van der Waals surface area contributed by atoms with Crippen molar-refractivity contribution >= 4 is 11.6 Å². The quantitative estimate of drug-likeness (QED) is 0.848. The smallest absolute Gasteiger partial charge is 0.347 e. The summed E-state index contributed by atoms with van der Waals surface area (Å²) in [6.07, 6.45) is 1.37. The molecule has 76 valence electrons. The van der Waals surface area contributed by atoms with Crippen molar-refractivity contribution in [3.05, 3.63) is 52.0 Å². The Morgan fingerprint density at radius 1 is 1.27 bits per heavy atom. The van der Waals surface area contributed by atoms with Crippen molar-refractivity contribution in [1.82, 2.24) is 9.97 Å². The van der Waals surface area contributed by atoms with Gasteiger partial charge in [-0.1, -0.05) is 23.7 Å².